The number of para-hydroxylation sites is 1. The second-order valence-corrected chi connectivity index (χ2v) is 12.6. The first-order valence-electron chi connectivity index (χ1n) is 10.7. The number of nitrogens with one attached hydrogen (secondary N) is 1. The Bertz CT molecular complexity index is 843. The molecule has 0 bridgehead atoms. The van der Waals surface area contributed by atoms with Crippen LogP contribution in [0, 0.1) is 11.8 Å². The standard InChI is InChI=1S/C25H33NO3Si/c1-4-5-6-13-19-25(28,30(2,3)23-17-11-8-12-18-23)20-14-21-29-24(27)26-22-15-9-7-10-16-22/h7-12,15-18,28H,4-6,14,20-21H2,1-3H3,(H,26,27). The van der Waals surface area contributed by atoms with E-state index in [0.29, 0.717) is 18.5 Å². The Labute approximate surface area is 181 Å². The average Bonchev–Trinajstić information content (AvgIpc) is 2.75. The number of anilines is 1. The molecule has 1 unspecified atom stereocenters. The molecule has 0 heterocycles. The fraction of sp³-hybridized carbons (Fsp3) is 0.400. The van der Waals surface area contributed by atoms with Crippen LogP contribution >= 0.6 is 0 Å². The van der Waals surface area contributed by atoms with Crippen molar-refractivity contribution >= 4 is 25.0 Å². The largest absolute Gasteiger partial charge is 0.449 e. The van der Waals surface area contributed by atoms with Crippen molar-refractivity contribution in [2.24, 2.45) is 0 Å². The lowest BCUT2D eigenvalue weighted by Gasteiger charge is -2.38. The molecule has 0 saturated carbocycles. The van der Waals surface area contributed by atoms with Crippen molar-refractivity contribution in [2.45, 2.75) is 57.3 Å². The summed E-state index contributed by atoms with van der Waals surface area (Å²) in [7, 11) is -2.31. The Hall–Kier alpha value is -2.55. The Kier molecular flexibility index (Phi) is 9.16. The fourth-order valence-electron chi connectivity index (χ4n) is 3.27. The lowest BCUT2D eigenvalue weighted by molar-refractivity contribution is 0.133. The average molecular weight is 424 g/mol. The van der Waals surface area contributed by atoms with Gasteiger partial charge < -0.3 is 9.84 Å². The van der Waals surface area contributed by atoms with Crippen LogP contribution in [0.25, 0.3) is 0 Å². The van der Waals surface area contributed by atoms with Crippen LogP contribution in [0.1, 0.15) is 39.0 Å². The quantitative estimate of drug-likeness (QED) is 0.335. The summed E-state index contributed by atoms with van der Waals surface area (Å²) in [5, 5.41) is 14.4. The Morgan fingerprint density at radius 3 is 2.33 bits per heavy atom. The zero-order chi connectivity index (χ0) is 21.9. The summed E-state index contributed by atoms with van der Waals surface area (Å²) in [5.74, 6) is 6.41. The van der Waals surface area contributed by atoms with E-state index < -0.39 is 19.4 Å². The number of hydrogen-bond donors (Lipinski definition) is 2. The second-order valence-electron chi connectivity index (χ2n) is 7.99. The minimum atomic E-state index is -2.31. The van der Waals surface area contributed by atoms with Gasteiger partial charge in [-0.2, -0.15) is 0 Å². The lowest BCUT2D eigenvalue weighted by Crippen LogP contribution is -2.61. The highest BCUT2D eigenvalue weighted by molar-refractivity contribution is 6.92. The van der Waals surface area contributed by atoms with Crippen LogP contribution in [-0.2, 0) is 4.74 Å². The number of carbonyl (C=O) groups excluding carboxylic acids is 1. The molecular weight excluding hydrogens is 390 g/mol. The molecule has 4 nitrogen and oxygen atoms in total. The van der Waals surface area contributed by atoms with Crippen molar-refractivity contribution in [2.75, 3.05) is 11.9 Å². The van der Waals surface area contributed by atoms with E-state index in [4.69, 9.17) is 4.74 Å². The van der Waals surface area contributed by atoms with Crippen LogP contribution in [0.2, 0.25) is 13.1 Å². The van der Waals surface area contributed by atoms with Gasteiger partial charge in [0.25, 0.3) is 0 Å². The molecule has 2 aromatic carbocycles. The molecule has 2 N–H and O–H groups in total. The van der Waals surface area contributed by atoms with E-state index in [9.17, 15) is 9.90 Å². The number of benzene rings is 2. The molecule has 2 rings (SSSR count). The van der Waals surface area contributed by atoms with E-state index >= 15 is 0 Å². The molecule has 0 aliphatic carbocycles. The molecule has 1 amide bonds. The van der Waals surface area contributed by atoms with E-state index in [2.05, 4.69) is 49.3 Å². The van der Waals surface area contributed by atoms with Crippen LogP contribution in [0.15, 0.2) is 60.7 Å². The summed E-state index contributed by atoms with van der Waals surface area (Å²) < 4.78 is 5.31. The summed E-state index contributed by atoms with van der Waals surface area (Å²) in [6.07, 6.45) is 3.42. The van der Waals surface area contributed by atoms with Crippen molar-refractivity contribution < 1.29 is 14.6 Å². The summed E-state index contributed by atoms with van der Waals surface area (Å²) in [6.45, 7) is 6.67. The van der Waals surface area contributed by atoms with Gasteiger partial charge in [-0.25, -0.2) is 4.79 Å². The minimum absolute atomic E-state index is 0.233. The van der Waals surface area contributed by atoms with Crippen molar-refractivity contribution in [3.8, 4) is 11.8 Å². The molecule has 0 fully saturated rings. The monoisotopic (exact) mass is 423 g/mol. The molecule has 0 aliphatic heterocycles. The first-order valence-corrected chi connectivity index (χ1v) is 13.7. The highest BCUT2D eigenvalue weighted by atomic mass is 28.3. The Balaban J connectivity index is 2.00. The van der Waals surface area contributed by atoms with Crippen LogP contribution < -0.4 is 10.5 Å². The third-order valence-electron chi connectivity index (χ3n) is 5.42. The molecule has 0 saturated heterocycles. The number of rotatable bonds is 9. The van der Waals surface area contributed by atoms with Crippen molar-refractivity contribution in [3.05, 3.63) is 60.7 Å². The summed E-state index contributed by atoms with van der Waals surface area (Å²) >= 11 is 0. The van der Waals surface area contributed by atoms with Gasteiger partial charge in [0, 0.05) is 12.1 Å². The number of aliphatic hydroxyl groups is 1. The maximum Gasteiger partial charge on any atom is 0.411 e. The molecule has 1 atom stereocenters. The predicted octanol–water partition coefficient (Wildman–Crippen LogP) is 5.09. The van der Waals surface area contributed by atoms with Gasteiger partial charge >= 0.3 is 6.09 Å². The van der Waals surface area contributed by atoms with Gasteiger partial charge in [0.05, 0.1) is 6.61 Å². The SMILES string of the molecule is CCCCC#CC(O)(CCCOC(=O)Nc1ccccc1)[Si](C)(C)c1ccccc1. The van der Waals surface area contributed by atoms with E-state index in [-0.39, 0.29) is 6.61 Å². The molecule has 0 aromatic heterocycles. The normalized spacial score (nSPS) is 12.9. The molecule has 0 spiro atoms. The van der Waals surface area contributed by atoms with E-state index in [0.717, 1.165) is 19.3 Å². The maximum absolute atomic E-state index is 12.0. The van der Waals surface area contributed by atoms with Gasteiger partial charge in [-0.3, -0.25) is 5.32 Å². The molecule has 5 heteroatoms. The van der Waals surface area contributed by atoms with Crippen molar-refractivity contribution in [1.82, 2.24) is 0 Å². The van der Waals surface area contributed by atoms with Gasteiger partial charge in [-0.05, 0) is 31.4 Å². The highest BCUT2D eigenvalue weighted by Crippen LogP contribution is 2.26. The zero-order valence-electron chi connectivity index (χ0n) is 18.3. The number of carbonyl (C=O) groups is 1. The van der Waals surface area contributed by atoms with Gasteiger partial charge in [0.2, 0.25) is 0 Å². The third kappa shape index (κ3) is 6.76. The molecule has 0 aliphatic rings. The van der Waals surface area contributed by atoms with Crippen LogP contribution in [-0.4, -0.2) is 31.1 Å². The minimum Gasteiger partial charge on any atom is -0.449 e. The van der Waals surface area contributed by atoms with Gasteiger partial charge in [-0.1, -0.05) is 86.1 Å². The molecule has 160 valence electrons. The predicted molar refractivity (Wildman–Crippen MR) is 126 cm³/mol. The third-order valence-corrected chi connectivity index (χ3v) is 9.64. The zero-order valence-corrected chi connectivity index (χ0v) is 19.3. The first kappa shape index (κ1) is 23.7. The number of ether oxygens (including phenoxy) is 1. The smallest absolute Gasteiger partial charge is 0.411 e. The number of unbranched alkanes of at least 4 members (excludes halogenated alkanes) is 2. The van der Waals surface area contributed by atoms with E-state index in [1.54, 1.807) is 12.1 Å². The van der Waals surface area contributed by atoms with Crippen LogP contribution in [0.4, 0.5) is 10.5 Å². The Morgan fingerprint density at radius 1 is 1.07 bits per heavy atom. The highest BCUT2D eigenvalue weighted by Gasteiger charge is 2.45. The van der Waals surface area contributed by atoms with Crippen molar-refractivity contribution in [3.63, 3.8) is 0 Å². The Morgan fingerprint density at radius 2 is 1.70 bits per heavy atom. The number of hydrogen-bond acceptors (Lipinski definition) is 3. The lowest BCUT2D eigenvalue weighted by atomic mass is 10.2. The molecular formula is C25H33NO3Si. The topological polar surface area (TPSA) is 58.6 Å². The van der Waals surface area contributed by atoms with Crippen molar-refractivity contribution in [1.29, 1.82) is 0 Å². The summed E-state index contributed by atoms with van der Waals surface area (Å²) in [4.78, 5) is 12.0. The van der Waals surface area contributed by atoms with E-state index in [1.807, 2.05) is 36.4 Å². The first-order chi connectivity index (χ1) is 14.4. The molecule has 30 heavy (non-hydrogen) atoms. The van der Waals surface area contributed by atoms with E-state index in [1.165, 1.54) is 5.19 Å². The number of amides is 1. The second kappa shape index (κ2) is 11.6. The van der Waals surface area contributed by atoms with Gasteiger partial charge in [-0.15, -0.1) is 5.92 Å². The van der Waals surface area contributed by atoms with Gasteiger partial charge in [0.15, 0.2) is 0 Å². The summed E-state index contributed by atoms with van der Waals surface area (Å²) in [5.41, 5.74) is 0.693. The molecule has 2 aromatic rings. The van der Waals surface area contributed by atoms with Crippen LogP contribution in [0.5, 0.6) is 0 Å². The van der Waals surface area contributed by atoms with Crippen LogP contribution in [0.3, 0.4) is 0 Å². The maximum atomic E-state index is 12.0. The molecule has 0 radical (unpaired) electrons. The van der Waals surface area contributed by atoms with Gasteiger partial charge in [0.1, 0.15) is 13.3 Å². The fourth-order valence-corrected chi connectivity index (χ4v) is 5.97. The summed E-state index contributed by atoms with van der Waals surface area (Å²) in [6, 6.07) is 19.4.